The van der Waals surface area contributed by atoms with Gasteiger partial charge in [-0.1, -0.05) is 11.8 Å². The van der Waals surface area contributed by atoms with Crippen LogP contribution in [0.25, 0.3) is 0 Å². The molecular formula is C17H20N4O3S2. The van der Waals surface area contributed by atoms with Crippen molar-refractivity contribution in [1.29, 1.82) is 0 Å². The monoisotopic (exact) mass is 392 g/mol. The molecule has 9 heteroatoms. The zero-order valence-electron chi connectivity index (χ0n) is 14.4. The van der Waals surface area contributed by atoms with Gasteiger partial charge in [-0.2, -0.15) is 0 Å². The van der Waals surface area contributed by atoms with Gasteiger partial charge >= 0.3 is 0 Å². The third-order valence-electron chi connectivity index (χ3n) is 4.16. The van der Waals surface area contributed by atoms with Gasteiger partial charge in [-0.3, -0.25) is 14.9 Å². The lowest BCUT2D eigenvalue weighted by molar-refractivity contribution is -0.387. The van der Waals surface area contributed by atoms with Crippen molar-refractivity contribution in [3.8, 4) is 0 Å². The normalized spacial score (nSPS) is 17.0. The quantitative estimate of drug-likeness (QED) is 0.579. The number of nitro groups is 1. The molecular weight excluding hydrogens is 372 g/mol. The van der Waals surface area contributed by atoms with Crippen molar-refractivity contribution in [3.05, 3.63) is 45.0 Å². The van der Waals surface area contributed by atoms with Crippen molar-refractivity contribution in [2.75, 3.05) is 19.6 Å². The molecule has 3 rings (SSSR count). The highest BCUT2D eigenvalue weighted by Gasteiger charge is 2.20. The van der Waals surface area contributed by atoms with E-state index in [0.717, 1.165) is 36.0 Å². The first-order valence-electron chi connectivity index (χ1n) is 8.40. The number of piperidine rings is 1. The highest BCUT2D eigenvalue weighted by Crippen LogP contribution is 2.36. The third-order valence-corrected chi connectivity index (χ3v) is 6.28. The molecule has 1 amide bonds. The van der Waals surface area contributed by atoms with Gasteiger partial charge in [0.05, 0.1) is 9.82 Å². The molecule has 1 fully saturated rings. The van der Waals surface area contributed by atoms with E-state index in [0.29, 0.717) is 22.9 Å². The first kappa shape index (κ1) is 18.8. The molecule has 1 atom stereocenters. The Hall–Kier alpha value is -1.97. The van der Waals surface area contributed by atoms with Crippen molar-refractivity contribution in [2.45, 2.75) is 29.0 Å². The fraction of sp³-hybridized carbons (Fsp3) is 0.412. The Balaban J connectivity index is 1.70. The van der Waals surface area contributed by atoms with Crippen molar-refractivity contribution >= 4 is 34.7 Å². The van der Waals surface area contributed by atoms with Gasteiger partial charge in [-0.25, -0.2) is 4.98 Å². The first-order chi connectivity index (χ1) is 12.5. The number of hydrogen-bond donors (Lipinski definition) is 2. The molecule has 1 aromatic carbocycles. The van der Waals surface area contributed by atoms with Gasteiger partial charge in [0, 0.05) is 29.2 Å². The molecule has 26 heavy (non-hydrogen) atoms. The lowest BCUT2D eigenvalue weighted by atomic mass is 9.99. The Labute approximate surface area is 159 Å². The molecule has 1 aliphatic rings. The van der Waals surface area contributed by atoms with Crippen molar-refractivity contribution < 1.29 is 9.72 Å². The maximum Gasteiger partial charge on any atom is 0.284 e. The van der Waals surface area contributed by atoms with E-state index in [4.69, 9.17) is 0 Å². The van der Waals surface area contributed by atoms with Crippen molar-refractivity contribution in [3.63, 3.8) is 0 Å². The van der Waals surface area contributed by atoms with Crippen LogP contribution in [0.4, 0.5) is 5.69 Å². The summed E-state index contributed by atoms with van der Waals surface area (Å²) in [7, 11) is 0. The molecule has 2 N–H and O–H groups in total. The fourth-order valence-electron chi connectivity index (χ4n) is 2.80. The van der Waals surface area contributed by atoms with E-state index in [-0.39, 0.29) is 11.6 Å². The topological polar surface area (TPSA) is 97.2 Å². The van der Waals surface area contributed by atoms with Crippen LogP contribution in [0.3, 0.4) is 0 Å². The van der Waals surface area contributed by atoms with Crippen LogP contribution in [-0.2, 0) is 0 Å². The maximum atomic E-state index is 12.4. The summed E-state index contributed by atoms with van der Waals surface area (Å²) < 4.78 is 0.743. The molecule has 2 aromatic rings. The summed E-state index contributed by atoms with van der Waals surface area (Å²) in [4.78, 5) is 28.1. The first-order valence-corrected chi connectivity index (χ1v) is 10.1. The Morgan fingerprint density at radius 2 is 2.38 bits per heavy atom. The Kier molecular flexibility index (Phi) is 6.23. The predicted molar refractivity (Wildman–Crippen MR) is 102 cm³/mol. The maximum absolute atomic E-state index is 12.4. The van der Waals surface area contributed by atoms with Crippen LogP contribution < -0.4 is 10.6 Å². The smallest absolute Gasteiger partial charge is 0.284 e. The van der Waals surface area contributed by atoms with Crippen LogP contribution in [-0.4, -0.2) is 35.4 Å². The average molecular weight is 393 g/mol. The van der Waals surface area contributed by atoms with Crippen LogP contribution in [0.5, 0.6) is 0 Å². The van der Waals surface area contributed by atoms with E-state index < -0.39 is 4.92 Å². The van der Waals surface area contributed by atoms with Crippen LogP contribution >= 0.6 is 23.1 Å². The summed E-state index contributed by atoms with van der Waals surface area (Å²) >= 11 is 2.69. The Morgan fingerprint density at radius 1 is 1.54 bits per heavy atom. The second-order valence-corrected chi connectivity index (χ2v) is 8.37. The van der Waals surface area contributed by atoms with E-state index in [2.05, 4.69) is 15.6 Å². The lowest BCUT2D eigenvalue weighted by Gasteiger charge is -2.22. The molecule has 0 bridgehead atoms. The third kappa shape index (κ3) is 4.80. The van der Waals surface area contributed by atoms with E-state index in [9.17, 15) is 14.9 Å². The SMILES string of the molecule is Cc1csc(Sc2ccc(C(=O)NCC3CCCNC3)cc2[N+](=O)[O-])n1. The zero-order chi connectivity index (χ0) is 18.5. The van der Waals surface area contributed by atoms with Crippen LogP contribution in [0, 0.1) is 23.0 Å². The minimum atomic E-state index is -0.454. The fourth-order valence-corrected chi connectivity index (χ4v) is 4.68. The minimum Gasteiger partial charge on any atom is -0.352 e. The number of nitrogens with one attached hydrogen (secondary N) is 2. The van der Waals surface area contributed by atoms with Gasteiger partial charge in [0.15, 0.2) is 4.34 Å². The molecule has 0 saturated carbocycles. The second-order valence-electron chi connectivity index (χ2n) is 6.22. The molecule has 0 spiro atoms. The summed E-state index contributed by atoms with van der Waals surface area (Å²) in [5.74, 6) is 0.131. The van der Waals surface area contributed by atoms with Crippen LogP contribution in [0.15, 0.2) is 32.8 Å². The van der Waals surface area contributed by atoms with Gasteiger partial charge in [-0.05, 0) is 50.9 Å². The number of nitrogens with zero attached hydrogens (tertiary/aromatic N) is 2. The second kappa shape index (κ2) is 8.61. The molecule has 1 aliphatic heterocycles. The number of nitro benzene ring substituents is 1. The number of amides is 1. The molecule has 0 aliphatic carbocycles. The highest BCUT2D eigenvalue weighted by atomic mass is 32.2. The number of thiazole rings is 1. The highest BCUT2D eigenvalue weighted by molar-refractivity contribution is 8.01. The number of aromatic nitrogens is 1. The molecule has 7 nitrogen and oxygen atoms in total. The number of rotatable bonds is 6. The van der Waals surface area contributed by atoms with Crippen molar-refractivity contribution in [1.82, 2.24) is 15.6 Å². The van der Waals surface area contributed by atoms with Crippen LogP contribution in [0.2, 0.25) is 0 Å². The number of benzene rings is 1. The van der Waals surface area contributed by atoms with Gasteiger partial charge in [-0.15, -0.1) is 11.3 Å². The Morgan fingerprint density at radius 3 is 3.04 bits per heavy atom. The summed E-state index contributed by atoms with van der Waals surface area (Å²) in [6, 6.07) is 4.60. The molecule has 1 unspecified atom stereocenters. The number of hydrogen-bond acceptors (Lipinski definition) is 7. The summed E-state index contributed by atoms with van der Waals surface area (Å²) in [6.45, 7) is 4.37. The molecule has 0 radical (unpaired) electrons. The minimum absolute atomic E-state index is 0.0742. The van der Waals surface area contributed by atoms with Crippen LogP contribution in [0.1, 0.15) is 28.9 Å². The number of carbonyl (C=O) groups is 1. The lowest BCUT2D eigenvalue weighted by Crippen LogP contribution is -2.38. The van der Waals surface area contributed by atoms with E-state index >= 15 is 0 Å². The van der Waals surface area contributed by atoms with E-state index in [1.165, 1.54) is 29.2 Å². The van der Waals surface area contributed by atoms with E-state index in [1.54, 1.807) is 12.1 Å². The van der Waals surface area contributed by atoms with Gasteiger partial charge in [0.1, 0.15) is 0 Å². The Bertz CT molecular complexity index is 803. The number of aryl methyl sites for hydroxylation is 1. The molecule has 138 valence electrons. The molecule has 2 heterocycles. The van der Waals surface area contributed by atoms with Gasteiger partial charge in [0.2, 0.25) is 0 Å². The summed E-state index contributed by atoms with van der Waals surface area (Å²) in [6.07, 6.45) is 2.18. The standard InChI is InChI=1S/C17H20N4O3S2/c1-11-10-25-17(20-11)26-15-5-4-13(7-14(15)21(23)24)16(22)19-9-12-3-2-6-18-8-12/h4-5,7,10,12,18H,2-3,6,8-9H2,1H3,(H,19,22). The van der Waals surface area contributed by atoms with Crippen molar-refractivity contribution in [2.24, 2.45) is 5.92 Å². The average Bonchev–Trinajstić information content (AvgIpc) is 3.05. The van der Waals surface area contributed by atoms with E-state index in [1.807, 2.05) is 12.3 Å². The largest absolute Gasteiger partial charge is 0.352 e. The molecule has 1 saturated heterocycles. The zero-order valence-corrected chi connectivity index (χ0v) is 16.0. The number of carbonyl (C=O) groups excluding carboxylic acids is 1. The molecule has 1 aromatic heterocycles. The summed E-state index contributed by atoms with van der Waals surface area (Å²) in [5.41, 5.74) is 1.11. The van der Waals surface area contributed by atoms with Gasteiger partial charge < -0.3 is 10.6 Å². The summed E-state index contributed by atoms with van der Waals surface area (Å²) in [5, 5.41) is 19.5. The predicted octanol–water partition coefficient (Wildman–Crippen LogP) is 3.24. The van der Waals surface area contributed by atoms with Gasteiger partial charge in [0.25, 0.3) is 11.6 Å².